The number of fused-ring (bicyclic) bond motifs is 2. The number of amides is 1. The summed E-state index contributed by atoms with van der Waals surface area (Å²) in [7, 11) is 0. The first kappa shape index (κ1) is 21.2. The number of nitrogens with zero attached hydrogens (tertiary/aromatic N) is 1. The summed E-state index contributed by atoms with van der Waals surface area (Å²) in [4.78, 5) is 14.0. The number of carbonyl (C=O) groups is 1. The Kier molecular flexibility index (Phi) is 6.16. The Labute approximate surface area is 182 Å². The molecular weight excluding hydrogens is 402 g/mol. The van der Waals surface area contributed by atoms with Crippen LogP contribution in [-0.4, -0.2) is 86.1 Å². The third kappa shape index (κ3) is 4.45. The van der Waals surface area contributed by atoms with Crippen molar-refractivity contribution in [3.8, 4) is 0 Å². The molecule has 3 aliphatic heterocycles. The van der Waals surface area contributed by atoms with Crippen molar-refractivity contribution in [1.82, 2.24) is 4.90 Å². The maximum Gasteiger partial charge on any atom is 0.410 e. The standard InChI is InChI=1S/C23H31NO7/c25-18-14-29-21-20(18)31-15-23(21)12-19(23)28-11-10-27-17-6-8-24(9-7-17)22(26)30-13-16-4-2-1-3-5-16/h1-5,17-21,25H,6-15H2/p+1/t18?,19?,20?,21?,23-/m1/s1. The van der Waals surface area contributed by atoms with Crippen molar-refractivity contribution in [2.75, 3.05) is 39.5 Å². The molecule has 5 rings (SSSR count). The average molecular weight is 435 g/mol. The lowest BCUT2D eigenvalue weighted by Crippen LogP contribution is -2.41. The van der Waals surface area contributed by atoms with Crippen molar-refractivity contribution >= 4 is 6.09 Å². The van der Waals surface area contributed by atoms with Gasteiger partial charge in [0.2, 0.25) is 6.10 Å². The minimum absolute atomic E-state index is 0.0203. The highest BCUT2D eigenvalue weighted by molar-refractivity contribution is 5.67. The van der Waals surface area contributed by atoms with Crippen LogP contribution in [0.3, 0.4) is 0 Å². The molecule has 4 unspecified atom stereocenters. The largest absolute Gasteiger partial charge is 0.445 e. The zero-order valence-electron chi connectivity index (χ0n) is 17.7. The number of ether oxygens (including phenoxy) is 5. The molecule has 3 heterocycles. The second kappa shape index (κ2) is 9.03. The van der Waals surface area contributed by atoms with Crippen LogP contribution in [0.25, 0.3) is 0 Å². The average Bonchev–Trinajstić information content (AvgIpc) is 3.18. The molecule has 1 aromatic carbocycles. The Morgan fingerprint density at radius 1 is 1.13 bits per heavy atom. The van der Waals surface area contributed by atoms with E-state index >= 15 is 0 Å². The molecular formula is C23H32NO7+. The van der Waals surface area contributed by atoms with Crippen molar-refractivity contribution in [3.63, 3.8) is 0 Å². The smallest absolute Gasteiger partial charge is 0.410 e. The van der Waals surface area contributed by atoms with Crippen LogP contribution in [0.2, 0.25) is 0 Å². The van der Waals surface area contributed by atoms with E-state index in [1.54, 1.807) is 4.90 Å². The van der Waals surface area contributed by atoms with E-state index in [1.807, 2.05) is 30.3 Å². The third-order valence-electron chi connectivity index (χ3n) is 6.97. The normalized spacial score (nSPS) is 34.8. The number of piperidine rings is 1. The second-order valence-electron chi connectivity index (χ2n) is 9.03. The summed E-state index contributed by atoms with van der Waals surface area (Å²) in [6.45, 7) is 3.80. The number of benzene rings is 1. The van der Waals surface area contributed by atoms with Crippen LogP contribution in [0.1, 0.15) is 24.8 Å². The Hall–Kier alpha value is -1.71. The van der Waals surface area contributed by atoms with Crippen molar-refractivity contribution < 1.29 is 33.6 Å². The quantitative estimate of drug-likeness (QED) is 0.477. The lowest BCUT2D eigenvalue weighted by atomic mass is 9.98. The molecule has 1 amide bonds. The molecule has 170 valence electrons. The van der Waals surface area contributed by atoms with E-state index in [1.165, 1.54) is 0 Å². The van der Waals surface area contributed by atoms with Crippen LogP contribution in [0, 0.1) is 5.41 Å². The molecule has 0 bridgehead atoms. The van der Waals surface area contributed by atoms with E-state index in [0.29, 0.717) is 46.1 Å². The van der Waals surface area contributed by atoms with Crippen LogP contribution in [0.4, 0.5) is 4.79 Å². The van der Waals surface area contributed by atoms with Gasteiger partial charge < -0.3 is 33.7 Å². The summed E-state index contributed by atoms with van der Waals surface area (Å²) in [6.07, 6.45) is 2.27. The van der Waals surface area contributed by atoms with Gasteiger partial charge in [0.15, 0.2) is 6.10 Å². The Bertz CT molecular complexity index is 754. The fraction of sp³-hybridized carbons (Fsp3) is 0.696. The molecule has 8 heteroatoms. The van der Waals surface area contributed by atoms with E-state index in [4.69, 9.17) is 28.8 Å². The minimum atomic E-state index is -0.268. The summed E-state index contributed by atoms with van der Waals surface area (Å²) in [5.41, 5.74) is 0.955. The van der Waals surface area contributed by atoms with Gasteiger partial charge in [0.25, 0.3) is 0 Å². The topological polar surface area (TPSA) is 89.4 Å². The number of rotatable bonds is 7. The van der Waals surface area contributed by atoms with Crippen molar-refractivity contribution in [2.24, 2.45) is 5.41 Å². The van der Waals surface area contributed by atoms with E-state index in [9.17, 15) is 4.79 Å². The molecule has 1 aromatic rings. The first-order valence-electron chi connectivity index (χ1n) is 11.3. The predicted octanol–water partition coefficient (Wildman–Crippen LogP) is 1.47. The lowest BCUT2D eigenvalue weighted by molar-refractivity contribution is -0.0377. The van der Waals surface area contributed by atoms with Crippen molar-refractivity contribution in [1.29, 1.82) is 0 Å². The highest BCUT2D eigenvalue weighted by Gasteiger charge is 2.70. The van der Waals surface area contributed by atoms with E-state index < -0.39 is 0 Å². The van der Waals surface area contributed by atoms with Crippen LogP contribution < -0.4 is 0 Å². The lowest BCUT2D eigenvalue weighted by Gasteiger charge is -2.31. The molecule has 5 atom stereocenters. The summed E-state index contributed by atoms with van der Waals surface area (Å²) in [5.74, 6) is 0. The highest BCUT2D eigenvalue weighted by Crippen LogP contribution is 2.58. The molecule has 1 spiro atoms. The highest BCUT2D eigenvalue weighted by atomic mass is 16.6. The van der Waals surface area contributed by atoms with Gasteiger partial charge in [-0.05, 0) is 24.8 Å². The Balaban J connectivity index is 0.955. The third-order valence-corrected chi connectivity index (χ3v) is 6.97. The van der Waals surface area contributed by atoms with Gasteiger partial charge in [-0.3, -0.25) is 0 Å². The molecule has 31 heavy (non-hydrogen) atoms. The first-order valence-corrected chi connectivity index (χ1v) is 11.3. The predicted molar refractivity (Wildman–Crippen MR) is 111 cm³/mol. The summed E-state index contributed by atoms with van der Waals surface area (Å²) in [6, 6.07) is 9.71. The zero-order chi connectivity index (χ0) is 21.3. The fourth-order valence-electron chi connectivity index (χ4n) is 5.02. The molecule has 0 radical (unpaired) electrons. The van der Waals surface area contributed by atoms with Gasteiger partial charge in [0.05, 0.1) is 37.4 Å². The monoisotopic (exact) mass is 434 g/mol. The second-order valence-corrected chi connectivity index (χ2v) is 9.03. The number of likely N-dealkylation sites (tertiary alicyclic amines) is 1. The molecule has 4 fully saturated rings. The van der Waals surface area contributed by atoms with Crippen LogP contribution in [-0.2, 0) is 30.3 Å². The number of carbonyl (C=O) groups excluding carboxylic acids is 1. The van der Waals surface area contributed by atoms with E-state index in [2.05, 4.69) is 0 Å². The molecule has 8 nitrogen and oxygen atoms in total. The zero-order valence-corrected chi connectivity index (χ0v) is 17.7. The van der Waals surface area contributed by atoms with Gasteiger partial charge in [-0.15, -0.1) is 0 Å². The van der Waals surface area contributed by atoms with Crippen LogP contribution >= 0.6 is 0 Å². The first-order chi connectivity index (χ1) is 15.2. The number of hydrogen-bond donors (Lipinski definition) is 0. The van der Waals surface area contributed by atoms with E-state index in [-0.39, 0.29) is 42.0 Å². The fourth-order valence-corrected chi connectivity index (χ4v) is 5.02. The summed E-state index contributed by atoms with van der Waals surface area (Å²) in [5, 5.41) is 7.97. The van der Waals surface area contributed by atoms with Crippen LogP contribution in [0.15, 0.2) is 30.3 Å². The molecule has 4 aliphatic rings. The van der Waals surface area contributed by atoms with Crippen molar-refractivity contribution in [3.05, 3.63) is 35.9 Å². The van der Waals surface area contributed by atoms with Gasteiger partial charge >= 0.3 is 6.09 Å². The summed E-state index contributed by atoms with van der Waals surface area (Å²) < 4.78 is 29.0. The molecule has 3 saturated heterocycles. The maximum atomic E-state index is 12.3. The molecule has 1 aliphatic carbocycles. The van der Waals surface area contributed by atoms with Crippen molar-refractivity contribution in [2.45, 2.75) is 56.4 Å². The van der Waals surface area contributed by atoms with Gasteiger partial charge in [-0.2, -0.15) is 0 Å². The molecule has 2 N–H and O–H groups in total. The Morgan fingerprint density at radius 3 is 2.71 bits per heavy atom. The molecule has 0 aromatic heterocycles. The van der Waals surface area contributed by atoms with Crippen LogP contribution in [0.5, 0.6) is 0 Å². The van der Waals surface area contributed by atoms with E-state index in [0.717, 1.165) is 24.8 Å². The SMILES string of the molecule is O=C(OCc1ccccc1)N1CCC(OCCOC2C[C@@]23COC2C([OH2+])COC23)CC1. The molecule has 1 saturated carbocycles. The van der Waals surface area contributed by atoms with Gasteiger partial charge in [-0.25, -0.2) is 4.79 Å². The number of hydrogen-bond acceptors (Lipinski definition) is 6. The van der Waals surface area contributed by atoms with Gasteiger partial charge in [0, 0.05) is 13.1 Å². The van der Waals surface area contributed by atoms with Gasteiger partial charge in [0.1, 0.15) is 19.3 Å². The minimum Gasteiger partial charge on any atom is -0.445 e. The maximum absolute atomic E-state index is 12.3. The Morgan fingerprint density at radius 2 is 1.90 bits per heavy atom. The van der Waals surface area contributed by atoms with Gasteiger partial charge in [-0.1, -0.05) is 30.3 Å². The summed E-state index contributed by atoms with van der Waals surface area (Å²) >= 11 is 0.